The van der Waals surface area contributed by atoms with E-state index in [1.807, 2.05) is 0 Å². The molecule has 0 spiro atoms. The Morgan fingerprint density at radius 3 is 2.23 bits per heavy atom. The normalized spacial score (nSPS) is 18.5. The van der Waals surface area contributed by atoms with Crippen LogP contribution in [-0.4, -0.2) is 93.1 Å². The Balaban J connectivity index is 2.81. The molecule has 0 radical (unpaired) electrons. The number of aliphatic hydroxyl groups is 1. The number of likely N-dealkylation sites (tertiary alicyclic amines) is 1. The second-order valence-electron chi connectivity index (χ2n) is 7.04. The van der Waals surface area contributed by atoms with Crippen LogP contribution < -0.4 is 22.1 Å². The number of aliphatic carboxylic acids is 2. The summed E-state index contributed by atoms with van der Waals surface area (Å²) in [5, 5.41) is 31.7. The molecule has 14 nitrogen and oxygen atoms in total. The third kappa shape index (κ3) is 7.82. The van der Waals surface area contributed by atoms with Crippen LogP contribution in [-0.2, 0) is 28.8 Å². The smallest absolute Gasteiger partial charge is 0.326 e. The molecule has 4 amide bonds. The van der Waals surface area contributed by atoms with Crippen LogP contribution in [0.3, 0.4) is 0 Å². The Morgan fingerprint density at radius 2 is 1.71 bits per heavy atom. The molecule has 4 atom stereocenters. The number of nitrogens with one attached hydrogen (secondary N) is 2. The molecule has 1 saturated heterocycles. The molecule has 1 aliphatic rings. The molecule has 1 fully saturated rings. The average molecular weight is 445 g/mol. The Bertz CT molecular complexity index is 729. The highest BCUT2D eigenvalue weighted by molar-refractivity contribution is 5.95. The van der Waals surface area contributed by atoms with Gasteiger partial charge in [0.25, 0.3) is 0 Å². The molecule has 9 N–H and O–H groups in total. The predicted molar refractivity (Wildman–Crippen MR) is 102 cm³/mol. The highest BCUT2D eigenvalue weighted by Gasteiger charge is 2.39. The van der Waals surface area contributed by atoms with Gasteiger partial charge in [0, 0.05) is 13.0 Å². The predicted octanol–water partition coefficient (Wildman–Crippen LogP) is -3.91. The van der Waals surface area contributed by atoms with E-state index in [0.29, 0.717) is 6.42 Å². The second kappa shape index (κ2) is 11.8. The highest BCUT2D eigenvalue weighted by atomic mass is 16.4. The third-order valence-corrected chi connectivity index (χ3v) is 4.66. The summed E-state index contributed by atoms with van der Waals surface area (Å²) in [4.78, 5) is 71.2. The number of amides is 4. The fourth-order valence-electron chi connectivity index (χ4n) is 3.05. The first-order chi connectivity index (χ1) is 14.5. The molecular formula is C17H27N5O9. The van der Waals surface area contributed by atoms with Gasteiger partial charge in [0.2, 0.25) is 23.6 Å². The SMILES string of the molecule is NC(=O)CC(NC(=O)C1CCCN1C(=O)C(CO)NC(=O)C(N)CCC(=O)O)C(=O)O. The summed E-state index contributed by atoms with van der Waals surface area (Å²) in [6.07, 6.45) is -0.576. The molecule has 0 aromatic carbocycles. The maximum atomic E-state index is 12.8. The van der Waals surface area contributed by atoms with Crippen molar-refractivity contribution in [3.05, 3.63) is 0 Å². The van der Waals surface area contributed by atoms with E-state index in [2.05, 4.69) is 10.6 Å². The van der Waals surface area contributed by atoms with Gasteiger partial charge in [-0.3, -0.25) is 24.0 Å². The number of aliphatic hydroxyl groups excluding tert-OH is 1. The van der Waals surface area contributed by atoms with Crippen molar-refractivity contribution in [1.82, 2.24) is 15.5 Å². The Morgan fingerprint density at radius 1 is 1.06 bits per heavy atom. The summed E-state index contributed by atoms with van der Waals surface area (Å²) in [6, 6.07) is -5.30. The van der Waals surface area contributed by atoms with Crippen LogP contribution in [0, 0.1) is 0 Å². The molecule has 1 aliphatic heterocycles. The van der Waals surface area contributed by atoms with Crippen LogP contribution >= 0.6 is 0 Å². The number of nitrogens with zero attached hydrogens (tertiary/aromatic N) is 1. The number of rotatable bonds is 12. The first kappa shape index (κ1) is 25.8. The van der Waals surface area contributed by atoms with Gasteiger partial charge in [-0.1, -0.05) is 0 Å². The molecule has 14 heteroatoms. The van der Waals surface area contributed by atoms with Crippen molar-refractivity contribution in [2.75, 3.05) is 13.2 Å². The Kier molecular flexibility index (Phi) is 9.82. The maximum absolute atomic E-state index is 12.8. The molecule has 0 aromatic heterocycles. The molecule has 0 bridgehead atoms. The van der Waals surface area contributed by atoms with Crippen LogP contribution in [0.2, 0.25) is 0 Å². The first-order valence-electron chi connectivity index (χ1n) is 9.48. The molecular weight excluding hydrogens is 418 g/mol. The zero-order chi connectivity index (χ0) is 23.7. The lowest BCUT2D eigenvalue weighted by molar-refractivity contribution is -0.146. The van der Waals surface area contributed by atoms with Gasteiger partial charge in [-0.25, -0.2) is 4.79 Å². The van der Waals surface area contributed by atoms with Gasteiger partial charge in [-0.05, 0) is 19.3 Å². The van der Waals surface area contributed by atoms with Gasteiger partial charge < -0.3 is 42.3 Å². The maximum Gasteiger partial charge on any atom is 0.326 e. The number of hydrogen-bond acceptors (Lipinski definition) is 8. The minimum absolute atomic E-state index is 0.113. The summed E-state index contributed by atoms with van der Waals surface area (Å²) in [5.41, 5.74) is 10.6. The molecule has 4 unspecified atom stereocenters. The highest BCUT2D eigenvalue weighted by Crippen LogP contribution is 2.19. The van der Waals surface area contributed by atoms with E-state index in [1.54, 1.807) is 0 Å². The second-order valence-corrected chi connectivity index (χ2v) is 7.04. The third-order valence-electron chi connectivity index (χ3n) is 4.66. The van der Waals surface area contributed by atoms with E-state index >= 15 is 0 Å². The lowest BCUT2D eigenvalue weighted by Crippen LogP contribution is -2.58. The van der Waals surface area contributed by atoms with Crippen molar-refractivity contribution in [3.63, 3.8) is 0 Å². The standard InChI is InChI=1S/C17H27N5O9/c18-8(3-4-13(25)26)14(27)21-10(7-23)16(29)22-5-1-2-11(22)15(28)20-9(17(30)31)6-12(19)24/h8-11,23H,1-7,18H2,(H2,19,24)(H,20,28)(H,21,27)(H,25,26)(H,30,31). The van der Waals surface area contributed by atoms with Crippen molar-refractivity contribution in [2.24, 2.45) is 11.5 Å². The van der Waals surface area contributed by atoms with Crippen LogP contribution in [0.5, 0.6) is 0 Å². The van der Waals surface area contributed by atoms with Gasteiger partial charge in [-0.2, -0.15) is 0 Å². The van der Waals surface area contributed by atoms with Crippen molar-refractivity contribution >= 4 is 35.6 Å². The number of nitrogens with two attached hydrogens (primary N) is 2. The fraction of sp³-hybridized carbons (Fsp3) is 0.647. The largest absolute Gasteiger partial charge is 0.481 e. The number of hydrogen-bond donors (Lipinski definition) is 7. The summed E-state index contributed by atoms with van der Waals surface area (Å²) in [5.74, 6) is -6.02. The number of carboxylic acid groups (broad SMARTS) is 2. The summed E-state index contributed by atoms with van der Waals surface area (Å²) in [7, 11) is 0. The summed E-state index contributed by atoms with van der Waals surface area (Å²) < 4.78 is 0. The molecule has 31 heavy (non-hydrogen) atoms. The van der Waals surface area contributed by atoms with Crippen molar-refractivity contribution < 1.29 is 44.1 Å². The fourth-order valence-corrected chi connectivity index (χ4v) is 3.05. The van der Waals surface area contributed by atoms with Crippen molar-refractivity contribution in [3.8, 4) is 0 Å². The molecule has 174 valence electrons. The molecule has 0 aliphatic carbocycles. The molecule has 0 aromatic rings. The van der Waals surface area contributed by atoms with Crippen LogP contribution in [0.1, 0.15) is 32.1 Å². The van der Waals surface area contributed by atoms with E-state index in [9.17, 15) is 33.9 Å². The quantitative estimate of drug-likeness (QED) is 0.154. The average Bonchev–Trinajstić information content (AvgIpc) is 3.18. The molecule has 0 saturated carbocycles. The van der Waals surface area contributed by atoms with Crippen molar-refractivity contribution in [2.45, 2.75) is 56.3 Å². The number of primary amides is 1. The van der Waals surface area contributed by atoms with E-state index in [-0.39, 0.29) is 25.8 Å². The number of carbonyl (C=O) groups is 6. The van der Waals surface area contributed by atoms with Crippen LogP contribution in [0.4, 0.5) is 0 Å². The Hall–Kier alpha value is -3.26. The van der Waals surface area contributed by atoms with Gasteiger partial charge in [0.1, 0.15) is 18.1 Å². The number of carbonyl (C=O) groups excluding carboxylic acids is 4. The van der Waals surface area contributed by atoms with Crippen LogP contribution in [0.25, 0.3) is 0 Å². The lowest BCUT2D eigenvalue weighted by Gasteiger charge is -2.29. The van der Waals surface area contributed by atoms with Gasteiger partial charge in [0.05, 0.1) is 19.1 Å². The van der Waals surface area contributed by atoms with Crippen LogP contribution in [0.15, 0.2) is 0 Å². The minimum Gasteiger partial charge on any atom is -0.481 e. The number of carboxylic acids is 2. The monoisotopic (exact) mass is 445 g/mol. The van der Waals surface area contributed by atoms with Gasteiger partial charge in [-0.15, -0.1) is 0 Å². The molecule has 1 heterocycles. The van der Waals surface area contributed by atoms with E-state index in [4.69, 9.17) is 21.7 Å². The summed E-state index contributed by atoms with van der Waals surface area (Å²) in [6.45, 7) is -0.692. The van der Waals surface area contributed by atoms with E-state index < -0.39 is 72.8 Å². The van der Waals surface area contributed by atoms with Gasteiger partial charge in [0.15, 0.2) is 0 Å². The summed E-state index contributed by atoms with van der Waals surface area (Å²) >= 11 is 0. The molecule has 1 rings (SSSR count). The van der Waals surface area contributed by atoms with Gasteiger partial charge >= 0.3 is 11.9 Å². The lowest BCUT2D eigenvalue weighted by atomic mass is 10.1. The van der Waals surface area contributed by atoms with E-state index in [0.717, 1.165) is 4.90 Å². The Labute approximate surface area is 176 Å². The van der Waals surface area contributed by atoms with Crippen molar-refractivity contribution in [1.29, 1.82) is 0 Å². The zero-order valence-electron chi connectivity index (χ0n) is 16.7. The zero-order valence-corrected chi connectivity index (χ0v) is 16.7. The minimum atomic E-state index is -1.57. The topological polar surface area (TPSA) is 242 Å². The first-order valence-corrected chi connectivity index (χ1v) is 9.48. The van der Waals surface area contributed by atoms with E-state index in [1.165, 1.54) is 0 Å².